The van der Waals surface area contributed by atoms with E-state index in [2.05, 4.69) is 10.6 Å². The highest BCUT2D eigenvalue weighted by Gasteiger charge is 2.29. The maximum Gasteiger partial charge on any atom is 0.246 e. The van der Waals surface area contributed by atoms with Crippen LogP contribution in [0.1, 0.15) is 24.4 Å². The van der Waals surface area contributed by atoms with Gasteiger partial charge >= 0.3 is 0 Å². The molecule has 1 fully saturated rings. The van der Waals surface area contributed by atoms with E-state index in [0.717, 1.165) is 18.4 Å². The lowest BCUT2D eigenvalue weighted by molar-refractivity contribution is -0.118. The Labute approximate surface area is 139 Å². The molecule has 22 heavy (non-hydrogen) atoms. The third-order valence-corrected chi connectivity index (χ3v) is 3.94. The molecule has 2 N–H and O–H groups in total. The van der Waals surface area contributed by atoms with Crippen molar-refractivity contribution in [2.24, 2.45) is 0 Å². The maximum absolute atomic E-state index is 12.6. The minimum atomic E-state index is -0.383. The first-order chi connectivity index (χ1) is 10.6. The molecular weight excluding hydrogens is 319 g/mol. The van der Waals surface area contributed by atoms with Crippen LogP contribution in [0, 0.1) is 0 Å². The predicted octanol–water partition coefficient (Wildman–Crippen LogP) is 4.43. The summed E-state index contributed by atoms with van der Waals surface area (Å²) in [5, 5.41) is 7.25. The van der Waals surface area contributed by atoms with Gasteiger partial charge in [0.1, 0.15) is 6.04 Å². The van der Waals surface area contributed by atoms with Crippen LogP contribution in [-0.2, 0) is 4.79 Å². The summed E-state index contributed by atoms with van der Waals surface area (Å²) in [5.41, 5.74) is 1.54. The summed E-state index contributed by atoms with van der Waals surface area (Å²) in [6, 6.07) is 14.7. The molecule has 0 unspecified atom stereocenters. The zero-order valence-electron chi connectivity index (χ0n) is 11.9. The van der Waals surface area contributed by atoms with Crippen molar-refractivity contribution in [3.05, 3.63) is 64.1 Å². The van der Waals surface area contributed by atoms with Crippen LogP contribution < -0.4 is 10.6 Å². The van der Waals surface area contributed by atoms with Gasteiger partial charge in [0, 0.05) is 21.8 Å². The molecule has 1 aliphatic carbocycles. The fourth-order valence-corrected chi connectivity index (χ4v) is 2.82. The number of rotatable bonds is 5. The van der Waals surface area contributed by atoms with Gasteiger partial charge in [0.05, 0.1) is 0 Å². The smallest absolute Gasteiger partial charge is 0.246 e. The summed E-state index contributed by atoms with van der Waals surface area (Å²) >= 11 is 11.9. The minimum absolute atomic E-state index is 0.114. The number of anilines is 1. The number of carbonyl (C=O) groups excluding carboxylic acids is 1. The number of amides is 1. The van der Waals surface area contributed by atoms with Crippen molar-refractivity contribution in [3.63, 3.8) is 0 Å². The van der Waals surface area contributed by atoms with E-state index < -0.39 is 0 Å². The Morgan fingerprint density at radius 1 is 1.05 bits per heavy atom. The summed E-state index contributed by atoms with van der Waals surface area (Å²) < 4.78 is 0. The van der Waals surface area contributed by atoms with Crippen molar-refractivity contribution in [1.29, 1.82) is 0 Å². The first-order valence-electron chi connectivity index (χ1n) is 7.20. The van der Waals surface area contributed by atoms with E-state index in [1.165, 1.54) is 0 Å². The lowest BCUT2D eigenvalue weighted by atomic mass is 10.1. The molecule has 0 heterocycles. The number of carbonyl (C=O) groups is 1. The molecule has 0 radical (unpaired) electrons. The van der Waals surface area contributed by atoms with Gasteiger partial charge in [0.2, 0.25) is 5.91 Å². The largest absolute Gasteiger partial charge is 0.324 e. The topological polar surface area (TPSA) is 41.1 Å². The van der Waals surface area contributed by atoms with Gasteiger partial charge in [0.25, 0.3) is 0 Å². The van der Waals surface area contributed by atoms with Gasteiger partial charge in [-0.1, -0.05) is 53.5 Å². The Bertz CT molecular complexity index is 651. The highest BCUT2D eigenvalue weighted by atomic mass is 35.5. The minimum Gasteiger partial charge on any atom is -0.324 e. The maximum atomic E-state index is 12.6. The average Bonchev–Trinajstić information content (AvgIpc) is 3.28. The van der Waals surface area contributed by atoms with Crippen molar-refractivity contribution >= 4 is 34.8 Å². The van der Waals surface area contributed by atoms with Crippen LogP contribution in [0.25, 0.3) is 0 Å². The molecule has 3 nitrogen and oxygen atoms in total. The van der Waals surface area contributed by atoms with Gasteiger partial charge in [0.15, 0.2) is 0 Å². The van der Waals surface area contributed by atoms with E-state index in [-0.39, 0.29) is 11.9 Å². The van der Waals surface area contributed by atoms with Crippen LogP contribution >= 0.6 is 23.2 Å². The zero-order valence-corrected chi connectivity index (χ0v) is 13.4. The summed E-state index contributed by atoms with van der Waals surface area (Å²) in [6.07, 6.45) is 2.22. The average molecular weight is 335 g/mol. The van der Waals surface area contributed by atoms with E-state index in [1.807, 2.05) is 30.3 Å². The molecule has 0 bridgehead atoms. The van der Waals surface area contributed by atoms with Crippen molar-refractivity contribution in [2.45, 2.75) is 24.9 Å². The van der Waals surface area contributed by atoms with Crippen LogP contribution in [-0.4, -0.2) is 11.9 Å². The van der Waals surface area contributed by atoms with Crippen LogP contribution in [0.5, 0.6) is 0 Å². The normalized spacial score (nSPS) is 15.4. The summed E-state index contributed by atoms with van der Waals surface area (Å²) in [7, 11) is 0. The molecule has 5 heteroatoms. The number of nitrogens with one attached hydrogen (secondary N) is 2. The Balaban J connectivity index is 1.79. The molecule has 0 saturated heterocycles. The number of benzene rings is 2. The van der Waals surface area contributed by atoms with Gasteiger partial charge in [-0.15, -0.1) is 0 Å². The van der Waals surface area contributed by atoms with Crippen LogP contribution in [0.2, 0.25) is 10.0 Å². The summed E-state index contributed by atoms with van der Waals surface area (Å²) in [4.78, 5) is 12.6. The highest BCUT2D eigenvalue weighted by Crippen LogP contribution is 2.27. The fraction of sp³-hybridized carbons (Fsp3) is 0.235. The second-order valence-corrected chi connectivity index (χ2v) is 6.30. The molecule has 0 aliphatic heterocycles. The van der Waals surface area contributed by atoms with Crippen molar-refractivity contribution in [1.82, 2.24) is 5.32 Å². The first kappa shape index (κ1) is 15.3. The number of hydrogen-bond donors (Lipinski definition) is 2. The highest BCUT2D eigenvalue weighted by molar-refractivity contribution is 6.35. The third kappa shape index (κ3) is 4.01. The van der Waals surface area contributed by atoms with E-state index in [1.54, 1.807) is 18.2 Å². The third-order valence-electron chi connectivity index (χ3n) is 3.50. The Hall–Kier alpha value is -1.55. The van der Waals surface area contributed by atoms with Gasteiger partial charge in [-0.3, -0.25) is 10.1 Å². The van der Waals surface area contributed by atoms with Crippen LogP contribution in [0.4, 0.5) is 5.69 Å². The van der Waals surface area contributed by atoms with Crippen molar-refractivity contribution in [3.8, 4) is 0 Å². The molecule has 0 aromatic heterocycles. The lowest BCUT2D eigenvalue weighted by Gasteiger charge is -2.19. The number of hydrogen-bond acceptors (Lipinski definition) is 2. The standard InChI is InChI=1S/C17H16Cl2N2O/c18-12-8-13(19)10-15(9-12)21-17(22)16(20-14-6-7-14)11-4-2-1-3-5-11/h1-5,8-10,14,16,20H,6-7H2,(H,21,22)/t16-/m0/s1. The van der Waals surface area contributed by atoms with E-state index >= 15 is 0 Å². The molecule has 0 spiro atoms. The van der Waals surface area contributed by atoms with Crippen LogP contribution in [0.3, 0.4) is 0 Å². The monoisotopic (exact) mass is 334 g/mol. The number of halogens is 2. The lowest BCUT2D eigenvalue weighted by Crippen LogP contribution is -2.34. The van der Waals surface area contributed by atoms with E-state index in [0.29, 0.717) is 21.8 Å². The van der Waals surface area contributed by atoms with Crippen molar-refractivity contribution < 1.29 is 4.79 Å². The predicted molar refractivity (Wildman–Crippen MR) is 90.4 cm³/mol. The Morgan fingerprint density at radius 3 is 2.27 bits per heavy atom. The SMILES string of the molecule is O=C(Nc1cc(Cl)cc(Cl)c1)[C@@H](NC1CC1)c1ccccc1. The second kappa shape index (κ2) is 6.69. The zero-order chi connectivity index (χ0) is 15.5. The van der Waals surface area contributed by atoms with Gasteiger partial charge in [-0.05, 0) is 36.6 Å². The van der Waals surface area contributed by atoms with E-state index in [4.69, 9.17) is 23.2 Å². The summed E-state index contributed by atoms with van der Waals surface area (Å²) in [6.45, 7) is 0. The molecular formula is C17H16Cl2N2O. The Morgan fingerprint density at radius 2 is 1.68 bits per heavy atom. The second-order valence-electron chi connectivity index (χ2n) is 5.43. The van der Waals surface area contributed by atoms with Gasteiger partial charge in [-0.2, -0.15) is 0 Å². The molecule has 2 aromatic rings. The molecule has 3 rings (SSSR count). The quantitative estimate of drug-likeness (QED) is 0.849. The molecule has 114 valence electrons. The molecule has 1 atom stereocenters. The van der Waals surface area contributed by atoms with Crippen molar-refractivity contribution in [2.75, 3.05) is 5.32 Å². The van der Waals surface area contributed by atoms with Crippen LogP contribution in [0.15, 0.2) is 48.5 Å². The molecule has 1 amide bonds. The van der Waals surface area contributed by atoms with Gasteiger partial charge in [-0.25, -0.2) is 0 Å². The Kier molecular flexibility index (Phi) is 4.67. The fourth-order valence-electron chi connectivity index (χ4n) is 2.29. The van der Waals surface area contributed by atoms with E-state index in [9.17, 15) is 4.79 Å². The van der Waals surface area contributed by atoms with Gasteiger partial charge < -0.3 is 5.32 Å². The first-order valence-corrected chi connectivity index (χ1v) is 7.95. The molecule has 2 aromatic carbocycles. The molecule has 1 saturated carbocycles. The summed E-state index contributed by atoms with van der Waals surface area (Å²) in [5.74, 6) is -0.114. The molecule has 1 aliphatic rings.